The van der Waals surface area contributed by atoms with E-state index < -0.39 is 4.92 Å². The first-order chi connectivity index (χ1) is 10.6. The summed E-state index contributed by atoms with van der Waals surface area (Å²) in [6, 6.07) is 6.15. The first kappa shape index (κ1) is 18.5. The lowest BCUT2D eigenvalue weighted by Gasteiger charge is -2.05. The number of carbonyl (C=O) groups excluding carboxylic acids is 1. The topological polar surface area (TPSA) is 69.4 Å². The highest BCUT2D eigenvalue weighted by Gasteiger charge is 2.07. The van der Waals surface area contributed by atoms with Gasteiger partial charge >= 0.3 is 5.97 Å². The highest BCUT2D eigenvalue weighted by molar-refractivity contribution is 8.00. The molecule has 1 rings (SSSR count). The number of rotatable bonds is 11. The van der Waals surface area contributed by atoms with Gasteiger partial charge in [-0.2, -0.15) is 0 Å². The predicted molar refractivity (Wildman–Crippen MR) is 88.2 cm³/mol. The maximum atomic E-state index is 11.6. The van der Waals surface area contributed by atoms with Crippen LogP contribution in [0.4, 0.5) is 5.69 Å². The van der Waals surface area contributed by atoms with E-state index in [-0.39, 0.29) is 17.4 Å². The van der Waals surface area contributed by atoms with E-state index in [1.165, 1.54) is 49.6 Å². The van der Waals surface area contributed by atoms with E-state index in [0.717, 1.165) is 17.7 Å². The second-order valence-electron chi connectivity index (χ2n) is 5.03. The van der Waals surface area contributed by atoms with E-state index in [9.17, 15) is 14.9 Å². The number of unbranched alkanes of at least 4 members (excludes halogenated alkanes) is 5. The number of nitrogens with zero attached hydrogens (tertiary/aromatic N) is 1. The summed E-state index contributed by atoms with van der Waals surface area (Å²) in [7, 11) is 0. The number of carbonyl (C=O) groups is 1. The Morgan fingerprint density at radius 2 is 1.77 bits per heavy atom. The van der Waals surface area contributed by atoms with Crippen molar-refractivity contribution in [3.8, 4) is 0 Å². The minimum absolute atomic E-state index is 0.0509. The highest BCUT2D eigenvalue weighted by Crippen LogP contribution is 2.21. The van der Waals surface area contributed by atoms with Gasteiger partial charge in [-0.3, -0.25) is 14.9 Å². The molecule has 0 bridgehead atoms. The van der Waals surface area contributed by atoms with Crippen LogP contribution in [-0.4, -0.2) is 23.3 Å². The molecule has 6 heteroatoms. The molecule has 0 saturated carbocycles. The zero-order chi connectivity index (χ0) is 16.2. The maximum absolute atomic E-state index is 11.6. The first-order valence-electron chi connectivity index (χ1n) is 7.66. The molecule has 0 aliphatic heterocycles. The molecule has 0 saturated heterocycles. The maximum Gasteiger partial charge on any atom is 0.316 e. The summed E-state index contributed by atoms with van der Waals surface area (Å²) in [5, 5.41) is 10.5. The van der Waals surface area contributed by atoms with Crippen LogP contribution in [0.15, 0.2) is 29.2 Å². The number of hydrogen-bond donors (Lipinski definition) is 0. The van der Waals surface area contributed by atoms with Crippen LogP contribution < -0.4 is 0 Å². The van der Waals surface area contributed by atoms with Crippen molar-refractivity contribution in [2.24, 2.45) is 0 Å². The second-order valence-corrected chi connectivity index (χ2v) is 6.08. The van der Waals surface area contributed by atoms with Gasteiger partial charge in [-0.1, -0.05) is 39.0 Å². The Kier molecular flexibility index (Phi) is 9.30. The number of benzene rings is 1. The van der Waals surface area contributed by atoms with Crippen LogP contribution in [0.5, 0.6) is 0 Å². The van der Waals surface area contributed by atoms with Crippen molar-refractivity contribution in [2.45, 2.75) is 50.3 Å². The molecular formula is C16H23NO4S. The van der Waals surface area contributed by atoms with E-state index in [1.54, 1.807) is 12.1 Å². The summed E-state index contributed by atoms with van der Waals surface area (Å²) in [5.74, 6) is -0.00916. The van der Waals surface area contributed by atoms with Crippen molar-refractivity contribution in [1.29, 1.82) is 0 Å². The largest absolute Gasteiger partial charge is 0.465 e. The normalized spacial score (nSPS) is 10.4. The molecule has 0 fully saturated rings. The molecule has 0 aliphatic carbocycles. The molecule has 0 radical (unpaired) electrons. The summed E-state index contributed by atoms with van der Waals surface area (Å²) >= 11 is 1.33. The molecule has 122 valence electrons. The lowest BCUT2D eigenvalue weighted by molar-refractivity contribution is -0.384. The van der Waals surface area contributed by atoms with Gasteiger partial charge in [0.25, 0.3) is 5.69 Å². The summed E-state index contributed by atoms with van der Waals surface area (Å²) < 4.78 is 5.16. The number of ether oxygens (including phenoxy) is 1. The number of non-ortho nitro benzene ring substituents is 1. The van der Waals surface area contributed by atoms with Crippen molar-refractivity contribution >= 4 is 23.4 Å². The van der Waals surface area contributed by atoms with Gasteiger partial charge in [0, 0.05) is 17.0 Å². The minimum atomic E-state index is -0.441. The average molecular weight is 325 g/mol. The molecule has 0 amide bonds. The summed E-state index contributed by atoms with van der Waals surface area (Å²) in [6.45, 7) is 2.66. The van der Waals surface area contributed by atoms with Gasteiger partial charge in [0.05, 0.1) is 17.3 Å². The smallest absolute Gasteiger partial charge is 0.316 e. The Morgan fingerprint density at radius 3 is 2.41 bits per heavy atom. The highest BCUT2D eigenvalue weighted by atomic mass is 32.2. The first-order valence-corrected chi connectivity index (χ1v) is 8.65. The molecule has 1 aromatic carbocycles. The van der Waals surface area contributed by atoms with Crippen LogP contribution in [0.1, 0.15) is 45.4 Å². The lowest BCUT2D eigenvalue weighted by atomic mass is 10.1. The fraction of sp³-hybridized carbons (Fsp3) is 0.562. The Morgan fingerprint density at radius 1 is 1.14 bits per heavy atom. The zero-order valence-electron chi connectivity index (χ0n) is 13.0. The third-order valence-electron chi connectivity index (χ3n) is 3.17. The zero-order valence-corrected chi connectivity index (χ0v) is 13.8. The number of nitro groups is 1. The second kappa shape index (κ2) is 11.1. The Hall–Kier alpha value is -1.56. The number of thioether (sulfide) groups is 1. The third kappa shape index (κ3) is 8.02. The van der Waals surface area contributed by atoms with Crippen LogP contribution in [0, 0.1) is 10.1 Å². The van der Waals surface area contributed by atoms with Crippen molar-refractivity contribution < 1.29 is 14.5 Å². The van der Waals surface area contributed by atoms with E-state index in [4.69, 9.17) is 4.74 Å². The van der Waals surface area contributed by atoms with Gasteiger partial charge in [0.15, 0.2) is 0 Å². The van der Waals surface area contributed by atoms with E-state index in [1.807, 2.05) is 0 Å². The Labute approximate surface area is 135 Å². The van der Waals surface area contributed by atoms with Gasteiger partial charge in [-0.25, -0.2) is 0 Å². The Bertz CT molecular complexity index is 462. The van der Waals surface area contributed by atoms with E-state index in [2.05, 4.69) is 6.92 Å². The van der Waals surface area contributed by atoms with Crippen LogP contribution in [0.3, 0.4) is 0 Å². The van der Waals surface area contributed by atoms with Gasteiger partial charge < -0.3 is 4.74 Å². The molecule has 0 aliphatic rings. The van der Waals surface area contributed by atoms with E-state index >= 15 is 0 Å². The molecule has 5 nitrogen and oxygen atoms in total. The molecular weight excluding hydrogens is 302 g/mol. The number of hydrogen-bond acceptors (Lipinski definition) is 5. The molecule has 0 heterocycles. The standard InChI is InChI=1S/C16H23NO4S/c1-2-3-4-5-6-7-12-21-16(18)13-22-15-10-8-14(9-11-15)17(19)20/h8-11H,2-7,12-13H2,1H3. The Balaban J connectivity index is 2.11. The van der Waals surface area contributed by atoms with E-state index in [0.29, 0.717) is 6.61 Å². The molecule has 1 aromatic rings. The quantitative estimate of drug-likeness (QED) is 0.196. The molecule has 0 unspecified atom stereocenters. The SMILES string of the molecule is CCCCCCCCOC(=O)CSc1ccc([N+](=O)[O-])cc1. The molecule has 0 atom stereocenters. The molecule has 0 N–H and O–H groups in total. The fourth-order valence-electron chi connectivity index (χ4n) is 1.92. The average Bonchev–Trinajstić information content (AvgIpc) is 2.52. The molecule has 0 aromatic heterocycles. The predicted octanol–water partition coefficient (Wildman–Crippen LogP) is 4.59. The van der Waals surface area contributed by atoms with Crippen LogP contribution >= 0.6 is 11.8 Å². The van der Waals surface area contributed by atoms with Gasteiger partial charge in [-0.05, 0) is 18.6 Å². The lowest BCUT2D eigenvalue weighted by Crippen LogP contribution is -2.08. The van der Waals surface area contributed by atoms with Crippen molar-refractivity contribution in [3.63, 3.8) is 0 Å². The van der Waals surface area contributed by atoms with Gasteiger partial charge in [0.1, 0.15) is 0 Å². The van der Waals surface area contributed by atoms with Crippen molar-refractivity contribution in [3.05, 3.63) is 34.4 Å². The number of esters is 1. The monoisotopic (exact) mass is 325 g/mol. The van der Waals surface area contributed by atoms with Gasteiger partial charge in [-0.15, -0.1) is 11.8 Å². The third-order valence-corrected chi connectivity index (χ3v) is 4.15. The van der Waals surface area contributed by atoms with Crippen LogP contribution in [0.25, 0.3) is 0 Å². The number of nitro benzene ring substituents is 1. The van der Waals surface area contributed by atoms with Gasteiger partial charge in [0.2, 0.25) is 0 Å². The van der Waals surface area contributed by atoms with Crippen LogP contribution in [0.2, 0.25) is 0 Å². The molecule has 22 heavy (non-hydrogen) atoms. The van der Waals surface area contributed by atoms with Crippen molar-refractivity contribution in [1.82, 2.24) is 0 Å². The fourth-order valence-corrected chi connectivity index (χ4v) is 2.61. The summed E-state index contributed by atoms with van der Waals surface area (Å²) in [4.78, 5) is 22.5. The van der Waals surface area contributed by atoms with Crippen LogP contribution in [-0.2, 0) is 9.53 Å². The summed E-state index contributed by atoms with van der Waals surface area (Å²) in [5.41, 5.74) is 0.0509. The summed E-state index contributed by atoms with van der Waals surface area (Å²) in [6.07, 6.45) is 6.96. The minimum Gasteiger partial charge on any atom is -0.465 e. The molecule has 0 spiro atoms. The van der Waals surface area contributed by atoms with Crippen molar-refractivity contribution in [2.75, 3.05) is 12.4 Å².